The van der Waals surface area contributed by atoms with Gasteiger partial charge >= 0.3 is 0 Å². The van der Waals surface area contributed by atoms with Crippen LogP contribution in [0.4, 0.5) is 0 Å². The van der Waals surface area contributed by atoms with Gasteiger partial charge in [-0.3, -0.25) is 9.59 Å². The molecule has 0 radical (unpaired) electrons. The summed E-state index contributed by atoms with van der Waals surface area (Å²) in [6.45, 7) is -0.137. The van der Waals surface area contributed by atoms with Crippen molar-refractivity contribution in [3.63, 3.8) is 0 Å². The average molecular weight is 309 g/mol. The number of carbonyl (C=O) groups is 2. The van der Waals surface area contributed by atoms with Gasteiger partial charge in [-0.25, -0.2) is 0 Å². The summed E-state index contributed by atoms with van der Waals surface area (Å²) in [6, 6.07) is 11.1. The van der Waals surface area contributed by atoms with Crippen LogP contribution in [0.2, 0.25) is 10.0 Å². The molecule has 0 amide bonds. The van der Waals surface area contributed by atoms with Crippen LogP contribution in [0.15, 0.2) is 42.5 Å². The summed E-state index contributed by atoms with van der Waals surface area (Å²) in [7, 11) is 0. The first kappa shape index (κ1) is 14.6. The highest BCUT2D eigenvalue weighted by Gasteiger charge is 2.09. The lowest BCUT2D eigenvalue weighted by Crippen LogP contribution is -2.11. The van der Waals surface area contributed by atoms with E-state index in [1.54, 1.807) is 36.4 Å². The standard InChI is InChI=1S/C15H10Cl2O3/c16-12-4-2-11(3-5-12)14(19)9-20-15-6-1-10(8-18)7-13(15)17/h1-8H,9H2. The van der Waals surface area contributed by atoms with E-state index in [9.17, 15) is 9.59 Å². The number of aldehydes is 1. The molecule has 102 valence electrons. The Morgan fingerprint density at radius 3 is 2.40 bits per heavy atom. The van der Waals surface area contributed by atoms with Crippen LogP contribution >= 0.6 is 23.2 Å². The maximum atomic E-state index is 11.9. The predicted molar refractivity (Wildman–Crippen MR) is 78.1 cm³/mol. The molecule has 0 N–H and O–H groups in total. The first-order chi connectivity index (χ1) is 9.60. The Morgan fingerprint density at radius 1 is 1.10 bits per heavy atom. The lowest BCUT2D eigenvalue weighted by atomic mass is 10.1. The largest absolute Gasteiger partial charge is 0.484 e. The molecule has 0 saturated carbocycles. The number of Topliss-reactive ketones (excluding diaryl/α,β-unsaturated/α-hetero) is 1. The van der Waals surface area contributed by atoms with Crippen molar-refractivity contribution in [2.45, 2.75) is 0 Å². The highest BCUT2D eigenvalue weighted by atomic mass is 35.5. The lowest BCUT2D eigenvalue weighted by Gasteiger charge is -2.07. The van der Waals surface area contributed by atoms with Crippen LogP contribution in [0.1, 0.15) is 20.7 Å². The van der Waals surface area contributed by atoms with Crippen molar-refractivity contribution in [1.82, 2.24) is 0 Å². The van der Waals surface area contributed by atoms with Crippen molar-refractivity contribution >= 4 is 35.3 Å². The molecule has 0 heterocycles. The molecule has 3 nitrogen and oxygen atoms in total. The van der Waals surface area contributed by atoms with Gasteiger partial charge in [-0.15, -0.1) is 0 Å². The highest BCUT2D eigenvalue weighted by molar-refractivity contribution is 6.32. The molecule has 0 aromatic heterocycles. The van der Waals surface area contributed by atoms with Crippen LogP contribution in [0.25, 0.3) is 0 Å². The Morgan fingerprint density at radius 2 is 1.80 bits per heavy atom. The third kappa shape index (κ3) is 3.59. The van der Waals surface area contributed by atoms with Crippen LogP contribution in [-0.2, 0) is 0 Å². The maximum Gasteiger partial charge on any atom is 0.200 e. The summed E-state index contributed by atoms with van der Waals surface area (Å²) in [6.07, 6.45) is 0.689. The third-order valence-corrected chi connectivity index (χ3v) is 3.16. The number of ketones is 1. The van der Waals surface area contributed by atoms with E-state index >= 15 is 0 Å². The maximum absolute atomic E-state index is 11.9. The van der Waals surface area contributed by atoms with Crippen molar-refractivity contribution in [2.75, 3.05) is 6.61 Å². The molecule has 2 rings (SSSR count). The summed E-state index contributed by atoms with van der Waals surface area (Å²) in [5.74, 6) is 0.178. The molecule has 2 aromatic rings. The van der Waals surface area contributed by atoms with Gasteiger partial charge in [0.1, 0.15) is 12.0 Å². The van der Waals surface area contributed by atoms with Crippen LogP contribution in [0, 0.1) is 0 Å². The summed E-state index contributed by atoms with van der Waals surface area (Å²) < 4.78 is 5.35. The van der Waals surface area contributed by atoms with Gasteiger partial charge in [0.25, 0.3) is 0 Å². The monoisotopic (exact) mass is 308 g/mol. The van der Waals surface area contributed by atoms with Crippen LogP contribution in [-0.4, -0.2) is 18.7 Å². The van der Waals surface area contributed by atoms with E-state index in [0.717, 1.165) is 0 Å². The Hall–Kier alpha value is -1.84. The molecular weight excluding hydrogens is 299 g/mol. The number of rotatable bonds is 5. The Kier molecular flexibility index (Phi) is 4.77. The minimum Gasteiger partial charge on any atom is -0.484 e. The fourth-order valence-corrected chi connectivity index (χ4v) is 1.94. The number of halogens is 2. The first-order valence-electron chi connectivity index (χ1n) is 5.76. The molecule has 0 spiro atoms. The molecule has 0 saturated heterocycles. The van der Waals surface area contributed by atoms with Crippen molar-refractivity contribution in [2.24, 2.45) is 0 Å². The number of ether oxygens (including phenoxy) is 1. The molecule has 2 aromatic carbocycles. The van der Waals surface area contributed by atoms with Crippen LogP contribution in [0.5, 0.6) is 5.75 Å². The Balaban J connectivity index is 2.03. The van der Waals surface area contributed by atoms with Gasteiger partial charge < -0.3 is 4.74 Å². The van der Waals surface area contributed by atoms with E-state index in [4.69, 9.17) is 27.9 Å². The summed E-state index contributed by atoms with van der Waals surface area (Å²) in [5.41, 5.74) is 0.960. The summed E-state index contributed by atoms with van der Waals surface area (Å²) >= 11 is 11.7. The predicted octanol–water partition coefficient (Wildman–Crippen LogP) is 4.07. The van der Waals surface area contributed by atoms with Gasteiger partial charge in [-0.2, -0.15) is 0 Å². The van der Waals surface area contributed by atoms with Gasteiger partial charge in [0.05, 0.1) is 5.02 Å². The van der Waals surface area contributed by atoms with E-state index in [0.29, 0.717) is 33.2 Å². The van der Waals surface area contributed by atoms with E-state index in [-0.39, 0.29) is 12.4 Å². The molecule has 5 heteroatoms. The minimum atomic E-state index is -0.183. The Bertz CT molecular complexity index is 636. The van der Waals surface area contributed by atoms with Gasteiger partial charge in [0, 0.05) is 16.1 Å². The molecule has 20 heavy (non-hydrogen) atoms. The second-order valence-electron chi connectivity index (χ2n) is 4.03. The van der Waals surface area contributed by atoms with E-state index in [1.165, 1.54) is 6.07 Å². The molecular formula is C15H10Cl2O3. The van der Waals surface area contributed by atoms with Crippen molar-refractivity contribution in [3.8, 4) is 5.75 Å². The fraction of sp³-hybridized carbons (Fsp3) is 0.0667. The normalized spacial score (nSPS) is 10.1. The first-order valence-corrected chi connectivity index (χ1v) is 6.52. The zero-order chi connectivity index (χ0) is 14.5. The van der Waals surface area contributed by atoms with Gasteiger partial charge in [0.15, 0.2) is 12.4 Å². The van der Waals surface area contributed by atoms with Crippen molar-refractivity contribution in [1.29, 1.82) is 0 Å². The van der Waals surface area contributed by atoms with Crippen molar-refractivity contribution < 1.29 is 14.3 Å². The second-order valence-corrected chi connectivity index (χ2v) is 4.87. The zero-order valence-electron chi connectivity index (χ0n) is 10.3. The van der Waals surface area contributed by atoms with E-state index < -0.39 is 0 Å². The summed E-state index contributed by atoms with van der Waals surface area (Å²) in [5, 5.41) is 0.855. The number of hydrogen-bond donors (Lipinski definition) is 0. The van der Waals surface area contributed by atoms with Gasteiger partial charge in [-0.05, 0) is 42.5 Å². The zero-order valence-corrected chi connectivity index (χ0v) is 11.8. The topological polar surface area (TPSA) is 43.4 Å². The highest BCUT2D eigenvalue weighted by Crippen LogP contribution is 2.25. The SMILES string of the molecule is O=Cc1ccc(OCC(=O)c2ccc(Cl)cc2)c(Cl)c1. The molecule has 0 atom stereocenters. The number of carbonyl (C=O) groups excluding carboxylic acids is 2. The summed E-state index contributed by atoms with van der Waals surface area (Å²) in [4.78, 5) is 22.5. The lowest BCUT2D eigenvalue weighted by molar-refractivity contribution is 0.0921. The molecule has 0 fully saturated rings. The molecule has 0 aliphatic carbocycles. The van der Waals surface area contributed by atoms with Crippen LogP contribution < -0.4 is 4.74 Å². The smallest absolute Gasteiger partial charge is 0.200 e. The number of benzene rings is 2. The molecule has 0 unspecified atom stereocenters. The molecule has 0 aliphatic heterocycles. The van der Waals surface area contributed by atoms with E-state index in [1.807, 2.05) is 0 Å². The Labute approximate surface area is 126 Å². The number of hydrogen-bond acceptors (Lipinski definition) is 3. The molecule has 0 bridgehead atoms. The van der Waals surface area contributed by atoms with E-state index in [2.05, 4.69) is 0 Å². The van der Waals surface area contributed by atoms with Gasteiger partial charge in [0.2, 0.25) is 0 Å². The average Bonchev–Trinajstić information content (AvgIpc) is 2.46. The fourth-order valence-electron chi connectivity index (χ4n) is 1.57. The second kappa shape index (κ2) is 6.55. The molecule has 0 aliphatic rings. The minimum absolute atomic E-state index is 0.137. The van der Waals surface area contributed by atoms with Crippen LogP contribution in [0.3, 0.4) is 0 Å². The van der Waals surface area contributed by atoms with Gasteiger partial charge in [-0.1, -0.05) is 23.2 Å². The quantitative estimate of drug-likeness (QED) is 0.618. The third-order valence-electron chi connectivity index (χ3n) is 2.62. The van der Waals surface area contributed by atoms with Crippen molar-refractivity contribution in [3.05, 3.63) is 63.6 Å².